The number of nitrogens with zero attached hydrogens (tertiary/aromatic N) is 2. The van der Waals surface area contributed by atoms with Crippen molar-refractivity contribution in [3.8, 4) is 0 Å². The van der Waals surface area contributed by atoms with Crippen molar-refractivity contribution in [1.29, 1.82) is 0 Å². The van der Waals surface area contributed by atoms with Gasteiger partial charge in [-0.15, -0.1) is 24.0 Å². The monoisotopic (exact) mass is 532 g/mol. The van der Waals surface area contributed by atoms with Gasteiger partial charge in [-0.1, -0.05) is 42.5 Å². The highest BCUT2D eigenvalue weighted by molar-refractivity contribution is 14.0. The van der Waals surface area contributed by atoms with E-state index in [0.29, 0.717) is 18.5 Å². The van der Waals surface area contributed by atoms with Gasteiger partial charge in [-0.3, -0.25) is 9.89 Å². The fraction of sp³-hybridized carbons (Fsp3) is 0.409. The van der Waals surface area contributed by atoms with E-state index in [1.54, 1.807) is 7.05 Å². The van der Waals surface area contributed by atoms with Gasteiger partial charge in [0.25, 0.3) is 0 Å². The molecule has 2 aromatic carbocycles. The second kappa shape index (κ2) is 11.5. The van der Waals surface area contributed by atoms with Gasteiger partial charge in [-0.25, -0.2) is 0 Å². The van der Waals surface area contributed by atoms with Crippen molar-refractivity contribution in [3.63, 3.8) is 0 Å². The molecule has 3 rings (SSSR count). The summed E-state index contributed by atoms with van der Waals surface area (Å²) in [4.78, 5) is 6.69. The number of likely N-dealkylation sites (tertiary alicyclic amines) is 1. The fourth-order valence-electron chi connectivity index (χ4n) is 3.46. The van der Waals surface area contributed by atoms with Crippen LogP contribution in [0, 0.1) is 0 Å². The third-order valence-corrected chi connectivity index (χ3v) is 5.14. The summed E-state index contributed by atoms with van der Waals surface area (Å²) in [7, 11) is 1.70. The third-order valence-electron chi connectivity index (χ3n) is 5.14. The predicted molar refractivity (Wildman–Crippen MR) is 125 cm³/mol. The number of benzene rings is 2. The molecule has 0 aliphatic carbocycles. The molecule has 0 amide bonds. The molecule has 0 bridgehead atoms. The number of guanidine groups is 1. The topological polar surface area (TPSA) is 39.7 Å². The lowest BCUT2D eigenvalue weighted by molar-refractivity contribution is -0.137. The number of aliphatic imine (C=N–C) groups is 1. The van der Waals surface area contributed by atoms with E-state index in [2.05, 4.69) is 44.8 Å². The van der Waals surface area contributed by atoms with Crippen LogP contribution in [0.1, 0.15) is 29.5 Å². The Bertz CT molecular complexity index is 786. The molecule has 1 aliphatic heterocycles. The lowest BCUT2D eigenvalue weighted by Crippen LogP contribution is -2.48. The molecule has 1 heterocycles. The van der Waals surface area contributed by atoms with E-state index >= 15 is 0 Å². The number of halogens is 4. The minimum atomic E-state index is -4.31. The number of piperidine rings is 1. The zero-order valence-corrected chi connectivity index (χ0v) is 19.3. The molecular weight excluding hydrogens is 504 g/mol. The minimum absolute atomic E-state index is 0. The molecular formula is C22H28F3IN4. The highest BCUT2D eigenvalue weighted by Crippen LogP contribution is 2.29. The van der Waals surface area contributed by atoms with Gasteiger partial charge in [-0.2, -0.15) is 13.2 Å². The molecule has 4 nitrogen and oxygen atoms in total. The minimum Gasteiger partial charge on any atom is -0.354 e. The summed E-state index contributed by atoms with van der Waals surface area (Å²) in [6.07, 6.45) is -2.26. The quantitative estimate of drug-likeness (QED) is 0.335. The lowest BCUT2D eigenvalue weighted by atomic mass is 10.0. The highest BCUT2D eigenvalue weighted by Gasteiger charge is 2.29. The molecule has 1 aliphatic rings. The number of nitrogens with one attached hydrogen (secondary N) is 2. The Morgan fingerprint density at radius 3 is 2.20 bits per heavy atom. The molecule has 8 heteroatoms. The Morgan fingerprint density at radius 2 is 1.63 bits per heavy atom. The van der Waals surface area contributed by atoms with Gasteiger partial charge in [0, 0.05) is 39.3 Å². The van der Waals surface area contributed by atoms with E-state index in [1.807, 2.05) is 6.07 Å². The summed E-state index contributed by atoms with van der Waals surface area (Å²) in [5.41, 5.74) is 1.47. The van der Waals surface area contributed by atoms with Gasteiger partial charge in [0.15, 0.2) is 5.96 Å². The average Bonchev–Trinajstić information content (AvgIpc) is 2.73. The Balaban J connectivity index is 0.00000320. The van der Waals surface area contributed by atoms with E-state index in [1.165, 1.54) is 17.7 Å². The van der Waals surface area contributed by atoms with Crippen LogP contribution in [0.25, 0.3) is 0 Å². The largest absolute Gasteiger partial charge is 0.416 e. The molecule has 2 N–H and O–H groups in total. The molecule has 0 aromatic heterocycles. The Hall–Kier alpha value is -1.81. The Labute approximate surface area is 193 Å². The summed E-state index contributed by atoms with van der Waals surface area (Å²) < 4.78 is 38.0. The van der Waals surface area contributed by atoms with Crippen LogP contribution in [-0.4, -0.2) is 37.0 Å². The van der Waals surface area contributed by atoms with Crippen molar-refractivity contribution in [3.05, 3.63) is 71.3 Å². The smallest absolute Gasteiger partial charge is 0.354 e. The molecule has 0 spiro atoms. The van der Waals surface area contributed by atoms with Crippen LogP contribution in [0.4, 0.5) is 13.2 Å². The van der Waals surface area contributed by atoms with Crippen molar-refractivity contribution < 1.29 is 13.2 Å². The van der Waals surface area contributed by atoms with E-state index < -0.39 is 11.7 Å². The first-order valence-electron chi connectivity index (χ1n) is 9.83. The average molecular weight is 532 g/mol. The molecule has 0 saturated carbocycles. The molecule has 2 aromatic rings. The summed E-state index contributed by atoms with van der Waals surface area (Å²) in [6.45, 7) is 3.42. The van der Waals surface area contributed by atoms with E-state index in [0.717, 1.165) is 50.2 Å². The van der Waals surface area contributed by atoms with Crippen LogP contribution < -0.4 is 10.6 Å². The SMILES string of the molecule is CN=C(NCc1ccc(C(F)(F)F)cc1)NC1CCN(Cc2ccccc2)CC1.I. The standard InChI is InChI=1S/C22H27F3N4.HI/c1-26-21(27-15-17-7-9-19(10-8-17)22(23,24)25)28-20-11-13-29(14-12-20)16-18-5-3-2-4-6-18;/h2-10,20H,11-16H2,1H3,(H2,26,27,28);1H. The molecule has 30 heavy (non-hydrogen) atoms. The van der Waals surface area contributed by atoms with Crippen molar-refractivity contribution in [1.82, 2.24) is 15.5 Å². The number of rotatable bonds is 5. The molecule has 1 fully saturated rings. The molecule has 0 atom stereocenters. The number of alkyl halides is 3. The van der Waals surface area contributed by atoms with Crippen molar-refractivity contribution in [2.75, 3.05) is 20.1 Å². The second-order valence-corrected chi connectivity index (χ2v) is 7.30. The fourth-order valence-corrected chi connectivity index (χ4v) is 3.46. The molecule has 1 saturated heterocycles. The van der Waals surface area contributed by atoms with Crippen LogP contribution in [0.5, 0.6) is 0 Å². The third kappa shape index (κ3) is 7.46. The predicted octanol–water partition coefficient (Wildman–Crippen LogP) is 4.65. The van der Waals surface area contributed by atoms with Crippen LogP contribution in [0.2, 0.25) is 0 Å². The van der Waals surface area contributed by atoms with Crippen LogP contribution in [0.15, 0.2) is 59.6 Å². The first-order chi connectivity index (χ1) is 13.9. The molecule has 164 valence electrons. The zero-order chi connectivity index (χ0) is 20.7. The van der Waals surface area contributed by atoms with Gasteiger partial charge in [0.05, 0.1) is 5.56 Å². The number of hydrogen-bond acceptors (Lipinski definition) is 2. The van der Waals surface area contributed by atoms with Gasteiger partial charge in [-0.05, 0) is 36.1 Å². The first-order valence-corrected chi connectivity index (χ1v) is 9.83. The van der Waals surface area contributed by atoms with Crippen LogP contribution >= 0.6 is 24.0 Å². The normalized spacial score (nSPS) is 16.1. The van der Waals surface area contributed by atoms with E-state index in [-0.39, 0.29) is 24.0 Å². The van der Waals surface area contributed by atoms with Crippen LogP contribution in [0.3, 0.4) is 0 Å². The van der Waals surface area contributed by atoms with E-state index in [9.17, 15) is 13.2 Å². The first kappa shape index (κ1) is 24.5. The van der Waals surface area contributed by atoms with Crippen molar-refractivity contribution in [2.24, 2.45) is 4.99 Å². The molecule has 0 radical (unpaired) electrons. The molecule has 0 unspecified atom stereocenters. The van der Waals surface area contributed by atoms with Crippen molar-refractivity contribution >= 4 is 29.9 Å². The van der Waals surface area contributed by atoms with E-state index in [4.69, 9.17) is 0 Å². The maximum absolute atomic E-state index is 12.7. The summed E-state index contributed by atoms with van der Waals surface area (Å²) in [6, 6.07) is 16.0. The maximum Gasteiger partial charge on any atom is 0.416 e. The highest BCUT2D eigenvalue weighted by atomic mass is 127. The summed E-state index contributed by atoms with van der Waals surface area (Å²) in [5.74, 6) is 0.673. The second-order valence-electron chi connectivity index (χ2n) is 7.30. The van der Waals surface area contributed by atoms with Gasteiger partial charge >= 0.3 is 6.18 Å². The summed E-state index contributed by atoms with van der Waals surface area (Å²) >= 11 is 0. The lowest BCUT2D eigenvalue weighted by Gasteiger charge is -2.33. The van der Waals surface area contributed by atoms with Crippen LogP contribution in [-0.2, 0) is 19.3 Å². The van der Waals surface area contributed by atoms with Gasteiger partial charge in [0.2, 0.25) is 0 Å². The maximum atomic E-state index is 12.7. The number of hydrogen-bond donors (Lipinski definition) is 2. The van der Waals surface area contributed by atoms with Gasteiger partial charge in [0.1, 0.15) is 0 Å². The Kier molecular flexibility index (Phi) is 9.41. The van der Waals surface area contributed by atoms with Gasteiger partial charge < -0.3 is 10.6 Å². The zero-order valence-electron chi connectivity index (χ0n) is 17.0. The summed E-state index contributed by atoms with van der Waals surface area (Å²) in [5, 5.41) is 6.61. The van der Waals surface area contributed by atoms with Crippen molar-refractivity contribution in [2.45, 2.75) is 38.1 Å². The Morgan fingerprint density at radius 1 is 1.00 bits per heavy atom.